The number of piperidine rings is 1. The average molecular weight is 273 g/mol. The summed E-state index contributed by atoms with van der Waals surface area (Å²) >= 11 is 0. The van der Waals surface area contributed by atoms with E-state index < -0.39 is 0 Å². The van der Waals surface area contributed by atoms with E-state index >= 15 is 0 Å². The second-order valence-corrected chi connectivity index (χ2v) is 5.38. The van der Waals surface area contributed by atoms with E-state index in [1.807, 2.05) is 0 Å². The molecule has 0 bridgehead atoms. The molecular formula is C16H23N3O. The van der Waals surface area contributed by atoms with Gasteiger partial charge in [0.2, 0.25) is 0 Å². The van der Waals surface area contributed by atoms with Gasteiger partial charge in [0.15, 0.2) is 5.78 Å². The Balaban J connectivity index is 1.95. The zero-order chi connectivity index (χ0) is 14.4. The quantitative estimate of drug-likeness (QED) is 0.748. The fourth-order valence-electron chi connectivity index (χ4n) is 2.71. The minimum Gasteiger partial charge on any atom is -0.356 e. The van der Waals surface area contributed by atoms with Crippen molar-refractivity contribution >= 4 is 11.6 Å². The molecule has 1 fully saturated rings. The van der Waals surface area contributed by atoms with Crippen molar-refractivity contribution in [3.8, 4) is 0 Å². The molecule has 4 heteroatoms. The van der Waals surface area contributed by atoms with Crippen LogP contribution in [0.1, 0.15) is 38.3 Å². The minimum atomic E-state index is 0.150. The van der Waals surface area contributed by atoms with Crippen LogP contribution in [-0.4, -0.2) is 28.8 Å². The fraction of sp³-hybridized carbons (Fsp3) is 0.562. The molecule has 0 aliphatic carbocycles. The summed E-state index contributed by atoms with van der Waals surface area (Å²) in [7, 11) is 0. The topological polar surface area (TPSA) is 46.1 Å². The van der Waals surface area contributed by atoms with Crippen LogP contribution >= 0.6 is 0 Å². The molecule has 1 saturated heterocycles. The second-order valence-electron chi connectivity index (χ2n) is 5.38. The Morgan fingerprint density at radius 1 is 1.55 bits per heavy atom. The van der Waals surface area contributed by atoms with Crippen LogP contribution < -0.4 is 4.90 Å². The molecule has 1 atom stereocenters. The van der Waals surface area contributed by atoms with Gasteiger partial charge in [-0.05, 0) is 37.7 Å². The molecule has 0 aromatic carbocycles. The van der Waals surface area contributed by atoms with Gasteiger partial charge in [-0.25, -0.2) is 9.97 Å². The first-order chi connectivity index (χ1) is 9.72. The molecule has 2 rings (SSSR count). The number of aromatic nitrogens is 2. The van der Waals surface area contributed by atoms with Crippen LogP contribution in [0.5, 0.6) is 0 Å². The summed E-state index contributed by atoms with van der Waals surface area (Å²) in [5.74, 6) is 1.75. The van der Waals surface area contributed by atoms with Gasteiger partial charge in [-0.3, -0.25) is 4.79 Å². The molecule has 0 amide bonds. The van der Waals surface area contributed by atoms with Crippen LogP contribution in [0.4, 0.5) is 5.82 Å². The van der Waals surface area contributed by atoms with Gasteiger partial charge in [0.1, 0.15) is 12.1 Å². The molecule has 0 saturated carbocycles. The lowest BCUT2D eigenvalue weighted by atomic mass is 9.92. The van der Waals surface area contributed by atoms with E-state index in [0.29, 0.717) is 12.3 Å². The highest BCUT2D eigenvalue weighted by Gasteiger charge is 2.21. The number of carbonyl (C=O) groups is 1. The number of aryl methyl sites for hydroxylation is 1. The molecule has 1 unspecified atom stereocenters. The molecule has 1 aliphatic rings. The van der Waals surface area contributed by atoms with Crippen LogP contribution in [-0.2, 0) is 11.2 Å². The number of ketones is 1. The molecule has 4 nitrogen and oxygen atoms in total. The Kier molecular flexibility index (Phi) is 5.27. The van der Waals surface area contributed by atoms with Gasteiger partial charge in [0.25, 0.3) is 0 Å². The standard InChI is InChI=1S/C16H23N3O/c1-3-14-10-16(18-12-17-14)19-9-5-6-13(11-19)7-8-15(20)4-2/h4,10,12-13H,2-3,5-9,11H2,1H3. The zero-order valence-corrected chi connectivity index (χ0v) is 12.2. The highest BCUT2D eigenvalue weighted by atomic mass is 16.1. The van der Waals surface area contributed by atoms with E-state index in [4.69, 9.17) is 0 Å². The summed E-state index contributed by atoms with van der Waals surface area (Å²) < 4.78 is 0. The molecule has 0 spiro atoms. The Morgan fingerprint density at radius 2 is 2.40 bits per heavy atom. The maximum absolute atomic E-state index is 11.3. The van der Waals surface area contributed by atoms with Crippen molar-refractivity contribution < 1.29 is 4.79 Å². The predicted molar refractivity (Wildman–Crippen MR) is 80.8 cm³/mol. The second kappa shape index (κ2) is 7.17. The number of allylic oxidation sites excluding steroid dienone is 1. The van der Waals surface area contributed by atoms with Gasteiger partial charge >= 0.3 is 0 Å². The van der Waals surface area contributed by atoms with Crippen LogP contribution in [0.15, 0.2) is 25.0 Å². The van der Waals surface area contributed by atoms with Crippen LogP contribution in [0.2, 0.25) is 0 Å². The summed E-state index contributed by atoms with van der Waals surface area (Å²) in [5.41, 5.74) is 1.08. The molecule has 1 aromatic heterocycles. The van der Waals surface area contributed by atoms with Gasteiger partial charge in [-0.1, -0.05) is 13.5 Å². The van der Waals surface area contributed by atoms with Crippen LogP contribution in [0.3, 0.4) is 0 Å². The molecule has 0 N–H and O–H groups in total. The molecule has 108 valence electrons. The molecular weight excluding hydrogens is 250 g/mol. The Bertz CT molecular complexity index is 473. The van der Waals surface area contributed by atoms with Crippen molar-refractivity contribution in [2.45, 2.75) is 39.0 Å². The lowest BCUT2D eigenvalue weighted by molar-refractivity contribution is -0.114. The first kappa shape index (κ1) is 14.7. The normalized spacial score (nSPS) is 18.9. The maximum atomic E-state index is 11.3. The van der Waals surface area contributed by atoms with E-state index in [1.54, 1.807) is 6.33 Å². The van der Waals surface area contributed by atoms with Crippen molar-refractivity contribution in [2.24, 2.45) is 5.92 Å². The third kappa shape index (κ3) is 3.89. The zero-order valence-electron chi connectivity index (χ0n) is 12.2. The monoisotopic (exact) mass is 273 g/mol. The number of hydrogen-bond donors (Lipinski definition) is 0. The summed E-state index contributed by atoms with van der Waals surface area (Å²) in [6.45, 7) is 7.67. The highest BCUT2D eigenvalue weighted by Crippen LogP contribution is 2.24. The van der Waals surface area contributed by atoms with E-state index in [2.05, 4.69) is 34.4 Å². The third-order valence-electron chi connectivity index (χ3n) is 3.94. The van der Waals surface area contributed by atoms with Gasteiger partial charge in [0, 0.05) is 31.3 Å². The van der Waals surface area contributed by atoms with Crippen LogP contribution in [0.25, 0.3) is 0 Å². The van der Waals surface area contributed by atoms with Crippen molar-refractivity contribution in [3.63, 3.8) is 0 Å². The van der Waals surface area contributed by atoms with Gasteiger partial charge in [-0.15, -0.1) is 0 Å². The van der Waals surface area contributed by atoms with E-state index in [-0.39, 0.29) is 5.78 Å². The summed E-state index contributed by atoms with van der Waals surface area (Å²) in [6, 6.07) is 2.08. The number of nitrogens with zero attached hydrogens (tertiary/aromatic N) is 3. The number of carbonyl (C=O) groups excluding carboxylic acids is 1. The first-order valence-electron chi connectivity index (χ1n) is 7.44. The first-order valence-corrected chi connectivity index (χ1v) is 7.44. The van der Waals surface area contributed by atoms with Gasteiger partial charge < -0.3 is 4.90 Å². The molecule has 1 aliphatic heterocycles. The third-order valence-corrected chi connectivity index (χ3v) is 3.94. The minimum absolute atomic E-state index is 0.150. The summed E-state index contributed by atoms with van der Waals surface area (Å²) in [6.07, 6.45) is 7.95. The van der Waals surface area contributed by atoms with Gasteiger partial charge in [-0.2, -0.15) is 0 Å². The highest BCUT2D eigenvalue weighted by molar-refractivity contribution is 5.88. The maximum Gasteiger partial charge on any atom is 0.155 e. The Hall–Kier alpha value is -1.71. The number of rotatable bonds is 6. The fourth-order valence-corrected chi connectivity index (χ4v) is 2.71. The molecule has 0 radical (unpaired) electrons. The Morgan fingerprint density at radius 3 is 3.15 bits per heavy atom. The van der Waals surface area contributed by atoms with Crippen molar-refractivity contribution in [1.82, 2.24) is 9.97 Å². The van der Waals surface area contributed by atoms with Crippen molar-refractivity contribution in [2.75, 3.05) is 18.0 Å². The predicted octanol–water partition coefficient (Wildman–Crippen LogP) is 2.79. The van der Waals surface area contributed by atoms with E-state index in [0.717, 1.165) is 37.4 Å². The lowest BCUT2D eigenvalue weighted by Gasteiger charge is -2.33. The summed E-state index contributed by atoms with van der Waals surface area (Å²) in [4.78, 5) is 22.3. The Labute approximate surface area is 120 Å². The number of hydrogen-bond acceptors (Lipinski definition) is 4. The molecule has 1 aromatic rings. The smallest absolute Gasteiger partial charge is 0.155 e. The largest absolute Gasteiger partial charge is 0.356 e. The SMILES string of the molecule is C=CC(=O)CCC1CCCN(c2cc(CC)ncn2)C1. The van der Waals surface area contributed by atoms with Crippen molar-refractivity contribution in [3.05, 3.63) is 30.7 Å². The number of anilines is 1. The van der Waals surface area contributed by atoms with Crippen molar-refractivity contribution in [1.29, 1.82) is 0 Å². The summed E-state index contributed by atoms with van der Waals surface area (Å²) in [5, 5.41) is 0. The lowest BCUT2D eigenvalue weighted by Crippen LogP contribution is -2.36. The average Bonchev–Trinajstić information content (AvgIpc) is 2.53. The van der Waals surface area contributed by atoms with Crippen LogP contribution in [0, 0.1) is 5.92 Å². The van der Waals surface area contributed by atoms with Gasteiger partial charge in [0.05, 0.1) is 0 Å². The van der Waals surface area contributed by atoms with E-state index in [1.165, 1.54) is 18.9 Å². The molecule has 2 heterocycles. The van der Waals surface area contributed by atoms with E-state index in [9.17, 15) is 4.79 Å². The molecule has 20 heavy (non-hydrogen) atoms.